The molecule has 0 bridgehead atoms. The van der Waals surface area contributed by atoms with Gasteiger partial charge in [-0.3, -0.25) is 9.48 Å². The van der Waals surface area contributed by atoms with Gasteiger partial charge in [0.05, 0.1) is 32.1 Å². The third-order valence-electron chi connectivity index (χ3n) is 4.59. The van der Waals surface area contributed by atoms with Crippen LogP contribution in [0, 0.1) is 0 Å². The van der Waals surface area contributed by atoms with E-state index in [1.807, 2.05) is 0 Å². The first-order valence-corrected chi connectivity index (χ1v) is 10.1. The molecular formula is C15H24N4O5S. The van der Waals surface area contributed by atoms with Gasteiger partial charge < -0.3 is 14.4 Å². The van der Waals surface area contributed by atoms with Crippen molar-refractivity contribution in [3.8, 4) is 0 Å². The Labute approximate surface area is 147 Å². The monoisotopic (exact) mass is 372 g/mol. The predicted molar refractivity (Wildman–Crippen MR) is 89.6 cm³/mol. The van der Waals surface area contributed by atoms with Gasteiger partial charge in [-0.1, -0.05) is 0 Å². The number of ether oxygens (including phenoxy) is 2. The lowest BCUT2D eigenvalue weighted by Gasteiger charge is -2.32. The Morgan fingerprint density at radius 3 is 3.00 bits per heavy atom. The number of carbonyl (C=O) groups excluding carboxylic acids is 1. The maximum atomic E-state index is 12.8. The van der Waals surface area contributed by atoms with Crippen LogP contribution < -0.4 is 4.72 Å². The van der Waals surface area contributed by atoms with Gasteiger partial charge in [0.1, 0.15) is 11.3 Å². The molecule has 1 N–H and O–H groups in total. The summed E-state index contributed by atoms with van der Waals surface area (Å²) in [6.45, 7) is 1.99. The second-order valence-corrected chi connectivity index (χ2v) is 8.53. The van der Waals surface area contributed by atoms with Gasteiger partial charge in [-0.25, -0.2) is 13.1 Å². The van der Waals surface area contributed by atoms with E-state index in [1.54, 1.807) is 28.9 Å². The van der Waals surface area contributed by atoms with Crippen molar-refractivity contribution in [1.82, 2.24) is 19.4 Å². The van der Waals surface area contributed by atoms with E-state index in [0.717, 1.165) is 19.1 Å². The van der Waals surface area contributed by atoms with Gasteiger partial charge in [-0.15, -0.1) is 0 Å². The van der Waals surface area contributed by atoms with Crippen molar-refractivity contribution in [1.29, 1.82) is 0 Å². The highest BCUT2D eigenvalue weighted by Crippen LogP contribution is 2.33. The smallest absolute Gasteiger partial charge is 0.272 e. The van der Waals surface area contributed by atoms with Crippen LogP contribution in [0.2, 0.25) is 0 Å². The average molecular weight is 372 g/mol. The molecule has 140 valence electrons. The number of sulfonamides is 1. The number of carbonyl (C=O) groups is 1. The molecule has 2 saturated heterocycles. The highest BCUT2D eigenvalue weighted by molar-refractivity contribution is 7.88. The summed E-state index contributed by atoms with van der Waals surface area (Å²) in [4.78, 5) is 14.5. The fourth-order valence-electron chi connectivity index (χ4n) is 3.33. The zero-order valence-corrected chi connectivity index (χ0v) is 15.3. The molecule has 1 amide bonds. The third kappa shape index (κ3) is 4.38. The van der Waals surface area contributed by atoms with Crippen LogP contribution in [0.25, 0.3) is 0 Å². The lowest BCUT2D eigenvalue weighted by atomic mass is 10.00. The quantitative estimate of drug-likeness (QED) is 0.754. The lowest BCUT2D eigenvalue weighted by Crippen LogP contribution is -2.47. The van der Waals surface area contributed by atoms with Crippen LogP contribution in [0.3, 0.4) is 0 Å². The Morgan fingerprint density at radius 1 is 1.52 bits per heavy atom. The normalized spacial score (nSPS) is 27.6. The molecule has 2 fully saturated rings. The van der Waals surface area contributed by atoms with E-state index < -0.39 is 15.6 Å². The van der Waals surface area contributed by atoms with E-state index in [-0.39, 0.29) is 18.6 Å². The Kier molecular flexibility index (Phi) is 5.14. The lowest BCUT2D eigenvalue weighted by molar-refractivity contribution is -0.0819. The van der Waals surface area contributed by atoms with Crippen LogP contribution in [-0.2, 0) is 26.5 Å². The first-order valence-electron chi connectivity index (χ1n) is 8.25. The number of aryl methyl sites for hydroxylation is 1. The number of amides is 1. The Balaban J connectivity index is 1.68. The molecule has 9 nitrogen and oxygen atoms in total. The number of hydrogen-bond acceptors (Lipinski definition) is 6. The molecule has 0 aromatic carbocycles. The minimum atomic E-state index is -3.26. The number of aromatic nitrogens is 2. The second-order valence-electron chi connectivity index (χ2n) is 6.70. The molecule has 0 saturated carbocycles. The van der Waals surface area contributed by atoms with E-state index in [4.69, 9.17) is 9.47 Å². The summed E-state index contributed by atoms with van der Waals surface area (Å²) in [5.41, 5.74) is -0.0699. The van der Waals surface area contributed by atoms with Crippen molar-refractivity contribution in [3.63, 3.8) is 0 Å². The molecule has 3 heterocycles. The predicted octanol–water partition coefficient (Wildman–Crippen LogP) is -0.640. The van der Waals surface area contributed by atoms with E-state index in [2.05, 4.69) is 9.82 Å². The van der Waals surface area contributed by atoms with Gasteiger partial charge in [0, 0.05) is 26.3 Å². The summed E-state index contributed by atoms with van der Waals surface area (Å²) in [7, 11) is -1.52. The maximum Gasteiger partial charge on any atom is 0.272 e. The molecule has 3 rings (SSSR count). The summed E-state index contributed by atoms with van der Waals surface area (Å²) >= 11 is 0. The summed E-state index contributed by atoms with van der Waals surface area (Å²) in [6, 6.07) is 1.69. The van der Waals surface area contributed by atoms with Crippen molar-refractivity contribution < 1.29 is 22.7 Å². The number of hydrogen-bond donors (Lipinski definition) is 1. The SMILES string of the molecule is Cn1nccc1C(=O)N1CCOCC2(CCC(CNS(C)(=O)=O)O2)C1. The van der Waals surface area contributed by atoms with Gasteiger partial charge in [-0.05, 0) is 18.9 Å². The standard InChI is InChI=1S/C15H24N4O5S/c1-18-13(4-6-16-18)14(20)19-7-8-23-11-15(10-19)5-3-12(24-15)9-17-25(2,21)22/h4,6,12,17H,3,5,7-11H2,1-2H3. The highest BCUT2D eigenvalue weighted by atomic mass is 32.2. The number of rotatable bonds is 4. The topological polar surface area (TPSA) is 103 Å². The molecule has 1 spiro atoms. The van der Waals surface area contributed by atoms with Crippen molar-refractivity contribution in [2.45, 2.75) is 24.5 Å². The molecule has 2 unspecified atom stereocenters. The Bertz CT molecular complexity index is 734. The molecule has 2 aliphatic heterocycles. The number of nitrogens with one attached hydrogen (secondary N) is 1. The molecule has 0 radical (unpaired) electrons. The fraction of sp³-hybridized carbons (Fsp3) is 0.733. The Morgan fingerprint density at radius 2 is 2.32 bits per heavy atom. The van der Waals surface area contributed by atoms with Crippen molar-refractivity contribution in [2.75, 3.05) is 39.1 Å². The van der Waals surface area contributed by atoms with Crippen LogP contribution in [0.15, 0.2) is 12.3 Å². The fourth-order valence-corrected chi connectivity index (χ4v) is 3.82. The molecule has 2 aliphatic rings. The van der Waals surface area contributed by atoms with Crippen LogP contribution in [-0.4, -0.2) is 79.8 Å². The molecule has 2 atom stereocenters. The van der Waals surface area contributed by atoms with Crippen molar-refractivity contribution in [3.05, 3.63) is 18.0 Å². The molecule has 1 aromatic heterocycles. The minimum Gasteiger partial charge on any atom is -0.377 e. The largest absolute Gasteiger partial charge is 0.377 e. The van der Waals surface area contributed by atoms with Crippen LogP contribution >= 0.6 is 0 Å². The highest BCUT2D eigenvalue weighted by Gasteiger charge is 2.44. The van der Waals surface area contributed by atoms with E-state index in [1.165, 1.54) is 0 Å². The van der Waals surface area contributed by atoms with Gasteiger partial charge in [-0.2, -0.15) is 5.10 Å². The molecule has 1 aromatic rings. The third-order valence-corrected chi connectivity index (χ3v) is 5.28. The average Bonchev–Trinajstić information content (AvgIpc) is 3.07. The zero-order chi connectivity index (χ0) is 18.1. The molecule has 25 heavy (non-hydrogen) atoms. The van der Waals surface area contributed by atoms with E-state index in [9.17, 15) is 13.2 Å². The van der Waals surface area contributed by atoms with E-state index >= 15 is 0 Å². The summed E-state index contributed by atoms with van der Waals surface area (Å²) in [5, 5.41) is 4.05. The van der Waals surface area contributed by atoms with Gasteiger partial charge in [0.2, 0.25) is 10.0 Å². The number of nitrogens with zero attached hydrogens (tertiary/aromatic N) is 3. The minimum absolute atomic E-state index is 0.105. The van der Waals surface area contributed by atoms with Crippen molar-refractivity contribution >= 4 is 15.9 Å². The summed E-state index contributed by atoms with van der Waals surface area (Å²) < 4.78 is 38.4. The van der Waals surface area contributed by atoms with E-state index in [0.29, 0.717) is 32.0 Å². The molecule has 0 aliphatic carbocycles. The second kappa shape index (κ2) is 7.02. The van der Waals surface area contributed by atoms with Gasteiger partial charge in [0.15, 0.2) is 0 Å². The summed E-state index contributed by atoms with van der Waals surface area (Å²) in [6.07, 6.45) is 3.94. The van der Waals surface area contributed by atoms with Gasteiger partial charge >= 0.3 is 0 Å². The molecular weight excluding hydrogens is 348 g/mol. The zero-order valence-electron chi connectivity index (χ0n) is 14.5. The molecule has 10 heteroatoms. The first kappa shape index (κ1) is 18.3. The van der Waals surface area contributed by atoms with Crippen LogP contribution in [0.4, 0.5) is 0 Å². The van der Waals surface area contributed by atoms with Crippen LogP contribution in [0.5, 0.6) is 0 Å². The van der Waals surface area contributed by atoms with Crippen LogP contribution in [0.1, 0.15) is 23.3 Å². The van der Waals surface area contributed by atoms with Crippen molar-refractivity contribution in [2.24, 2.45) is 7.05 Å². The maximum absolute atomic E-state index is 12.8. The van der Waals surface area contributed by atoms with Gasteiger partial charge in [0.25, 0.3) is 5.91 Å². The first-order chi connectivity index (χ1) is 11.8. The Hall–Kier alpha value is -1.49. The summed E-state index contributed by atoms with van der Waals surface area (Å²) in [5.74, 6) is -0.105.